The van der Waals surface area contributed by atoms with Crippen LogP contribution in [-0.4, -0.2) is 30.4 Å². The highest BCUT2D eigenvalue weighted by Crippen LogP contribution is 2.39. The quantitative estimate of drug-likeness (QED) is 0.259. The molecule has 2 heterocycles. The van der Waals surface area contributed by atoms with E-state index in [-0.39, 0.29) is 23.6 Å². The lowest BCUT2D eigenvalue weighted by molar-refractivity contribution is 0.367. The molecule has 7 nitrogen and oxygen atoms in total. The van der Waals surface area contributed by atoms with Crippen LogP contribution in [0, 0.1) is 22.6 Å². The van der Waals surface area contributed by atoms with Crippen molar-refractivity contribution in [2.24, 2.45) is 17.1 Å². The maximum atomic E-state index is 14.8. The summed E-state index contributed by atoms with van der Waals surface area (Å²) in [5, 5.41) is 9.24. The van der Waals surface area contributed by atoms with E-state index in [1.807, 2.05) is 49.4 Å². The van der Waals surface area contributed by atoms with E-state index in [0.717, 1.165) is 47.2 Å². The number of halogens is 1. The molecule has 1 aromatic carbocycles. The summed E-state index contributed by atoms with van der Waals surface area (Å²) in [4.78, 5) is 8.00. The monoisotopic (exact) mass is 585 g/mol. The van der Waals surface area contributed by atoms with Gasteiger partial charge in [-0.3, -0.25) is 10.4 Å². The molecular formula is C33H36FN5O2S. The van der Waals surface area contributed by atoms with Gasteiger partial charge < -0.3 is 10.7 Å². The highest BCUT2D eigenvalue weighted by Gasteiger charge is 2.28. The zero-order chi connectivity index (χ0) is 30.2. The number of H-pyrrole nitrogens is 1. The molecular weight excluding hydrogens is 549 g/mol. The molecule has 0 aliphatic heterocycles. The van der Waals surface area contributed by atoms with Gasteiger partial charge in [0.15, 0.2) is 0 Å². The molecule has 0 saturated carbocycles. The molecule has 0 saturated heterocycles. The minimum Gasteiger partial charge on any atom is -0.398 e. The lowest BCUT2D eigenvalue weighted by Crippen LogP contribution is -2.21. The molecule has 0 radical (unpaired) electrons. The first-order valence-corrected chi connectivity index (χ1v) is 15.8. The van der Waals surface area contributed by atoms with Crippen LogP contribution in [0.1, 0.15) is 61.0 Å². The summed E-state index contributed by atoms with van der Waals surface area (Å²) in [5.74, 6) is -0.393. The van der Waals surface area contributed by atoms with Gasteiger partial charge in [0.25, 0.3) is 0 Å². The second-order valence-electron chi connectivity index (χ2n) is 11.9. The smallest absolute Gasteiger partial charge is 0.209 e. The molecule has 0 fully saturated rings. The first-order chi connectivity index (χ1) is 19.8. The van der Waals surface area contributed by atoms with Crippen LogP contribution in [0.2, 0.25) is 0 Å². The van der Waals surface area contributed by atoms with E-state index in [1.54, 1.807) is 6.20 Å². The lowest BCUT2D eigenvalue weighted by Gasteiger charge is -2.21. The molecule has 2 aliphatic carbocycles. The predicted octanol–water partition coefficient (Wildman–Crippen LogP) is 5.87. The van der Waals surface area contributed by atoms with Gasteiger partial charge in [-0.2, -0.15) is 0 Å². The Kier molecular flexibility index (Phi) is 7.92. The molecule has 2 aliphatic rings. The topological polar surface area (TPSA) is 125 Å². The largest absolute Gasteiger partial charge is 0.398 e. The predicted molar refractivity (Wildman–Crippen MR) is 167 cm³/mol. The van der Waals surface area contributed by atoms with Gasteiger partial charge in [0.1, 0.15) is 5.82 Å². The van der Waals surface area contributed by atoms with E-state index in [0.29, 0.717) is 28.1 Å². The molecule has 218 valence electrons. The van der Waals surface area contributed by atoms with Gasteiger partial charge in [0, 0.05) is 35.3 Å². The number of aromatic amines is 1. The first-order valence-electron chi connectivity index (χ1n) is 13.9. The SMILES string of the molecule is C[C@@H]1C=C(N)C(C(=N)c2cc3c([nH]2)CC(C)(C)CC=C3c2cc(F)cc(CNS(C)(=O)=O)c2)=CC(c2ccccn2)=C1. The summed E-state index contributed by atoms with van der Waals surface area (Å²) in [6.45, 7) is 6.39. The highest BCUT2D eigenvalue weighted by atomic mass is 32.2. The molecule has 5 N–H and O–H groups in total. The van der Waals surface area contributed by atoms with Crippen molar-refractivity contribution in [1.82, 2.24) is 14.7 Å². The summed E-state index contributed by atoms with van der Waals surface area (Å²) < 4.78 is 40.6. The number of pyridine rings is 1. The van der Waals surface area contributed by atoms with E-state index >= 15 is 0 Å². The van der Waals surface area contributed by atoms with Crippen LogP contribution in [-0.2, 0) is 23.0 Å². The fourth-order valence-electron chi connectivity index (χ4n) is 5.49. The molecule has 9 heteroatoms. The minimum atomic E-state index is -3.44. The fourth-order valence-corrected chi connectivity index (χ4v) is 5.92. The third-order valence-corrected chi connectivity index (χ3v) is 8.17. The van der Waals surface area contributed by atoms with Crippen LogP contribution in [0.5, 0.6) is 0 Å². The number of fused-ring (bicyclic) bond motifs is 1. The zero-order valence-corrected chi connectivity index (χ0v) is 25.1. The van der Waals surface area contributed by atoms with Crippen molar-refractivity contribution in [2.45, 2.75) is 40.2 Å². The molecule has 0 bridgehead atoms. The fraction of sp³-hybridized carbons (Fsp3) is 0.273. The van der Waals surface area contributed by atoms with Crippen molar-refractivity contribution in [3.8, 4) is 0 Å². The van der Waals surface area contributed by atoms with Crippen molar-refractivity contribution in [1.29, 1.82) is 5.41 Å². The summed E-state index contributed by atoms with van der Waals surface area (Å²) in [7, 11) is -3.44. The minimum absolute atomic E-state index is 0.0113. The van der Waals surface area contributed by atoms with Crippen LogP contribution in [0.4, 0.5) is 4.39 Å². The number of aromatic nitrogens is 2. The number of nitrogens with zero attached hydrogens (tertiary/aromatic N) is 1. The van der Waals surface area contributed by atoms with Gasteiger partial charge in [0.2, 0.25) is 10.0 Å². The molecule has 2 aromatic heterocycles. The summed E-state index contributed by atoms with van der Waals surface area (Å²) >= 11 is 0. The Labute approximate surface area is 246 Å². The van der Waals surface area contributed by atoms with E-state index in [1.165, 1.54) is 12.1 Å². The second kappa shape index (κ2) is 11.3. The van der Waals surface area contributed by atoms with Gasteiger partial charge >= 0.3 is 0 Å². The normalized spacial score (nSPS) is 18.5. The van der Waals surface area contributed by atoms with Crippen molar-refractivity contribution < 1.29 is 12.8 Å². The Morgan fingerprint density at radius 1 is 1.21 bits per heavy atom. The van der Waals surface area contributed by atoms with Crippen LogP contribution in [0.25, 0.3) is 11.1 Å². The number of rotatable bonds is 7. The second-order valence-corrected chi connectivity index (χ2v) is 13.8. The standard InChI is InChI=1S/C33H36FN5O2S/c1-20-11-23(29-7-5-6-10-37-29)16-27(28(35)12-20)32(36)30-17-26-25(8-9-33(2,3)18-31(26)39-30)22-13-21(14-24(34)15-22)19-38-42(4,40)41/h5-8,10-17,20,36,38-39H,9,18-19,35H2,1-4H3/t20-/m0/s1. The summed E-state index contributed by atoms with van der Waals surface area (Å²) in [6.07, 6.45) is 12.4. The Balaban J connectivity index is 1.57. The van der Waals surface area contributed by atoms with Gasteiger partial charge in [-0.05, 0) is 88.9 Å². The molecule has 3 aromatic rings. The summed E-state index contributed by atoms with van der Waals surface area (Å²) in [5.41, 5.74) is 14.0. The van der Waals surface area contributed by atoms with Crippen LogP contribution in [0.15, 0.2) is 84.2 Å². The van der Waals surface area contributed by atoms with Crippen LogP contribution < -0.4 is 10.5 Å². The van der Waals surface area contributed by atoms with E-state index in [2.05, 4.69) is 40.7 Å². The number of nitrogens with two attached hydrogens (primary N) is 1. The van der Waals surface area contributed by atoms with Gasteiger partial charge in [0.05, 0.1) is 23.4 Å². The van der Waals surface area contributed by atoms with E-state index < -0.39 is 15.8 Å². The van der Waals surface area contributed by atoms with E-state index in [4.69, 9.17) is 5.73 Å². The number of hydrogen-bond acceptors (Lipinski definition) is 5. The Morgan fingerprint density at radius 2 is 2.00 bits per heavy atom. The van der Waals surface area contributed by atoms with Crippen molar-refractivity contribution >= 4 is 26.9 Å². The van der Waals surface area contributed by atoms with Crippen molar-refractivity contribution in [3.05, 3.63) is 124 Å². The number of nitrogens with one attached hydrogen (secondary N) is 3. The first kappa shape index (κ1) is 29.4. The third kappa shape index (κ3) is 6.69. The number of hydrogen-bond donors (Lipinski definition) is 4. The van der Waals surface area contributed by atoms with E-state index in [9.17, 15) is 18.2 Å². The number of sulfonamides is 1. The molecule has 42 heavy (non-hydrogen) atoms. The van der Waals surface area contributed by atoms with Crippen molar-refractivity contribution in [2.75, 3.05) is 6.26 Å². The van der Waals surface area contributed by atoms with Crippen LogP contribution in [0.3, 0.4) is 0 Å². The lowest BCUT2D eigenvalue weighted by atomic mass is 9.85. The third-order valence-electron chi connectivity index (χ3n) is 7.51. The Bertz CT molecular complexity index is 1780. The average molecular weight is 586 g/mol. The molecule has 0 unspecified atom stereocenters. The number of allylic oxidation sites excluding steroid dienone is 6. The molecule has 0 amide bonds. The molecule has 5 rings (SSSR count). The summed E-state index contributed by atoms with van der Waals surface area (Å²) in [6, 6.07) is 12.3. The Morgan fingerprint density at radius 3 is 2.71 bits per heavy atom. The maximum Gasteiger partial charge on any atom is 0.209 e. The number of benzene rings is 1. The molecule has 1 atom stereocenters. The maximum absolute atomic E-state index is 14.8. The highest BCUT2D eigenvalue weighted by molar-refractivity contribution is 7.88. The van der Waals surface area contributed by atoms with Crippen LogP contribution >= 0.6 is 0 Å². The van der Waals surface area contributed by atoms with Crippen molar-refractivity contribution in [3.63, 3.8) is 0 Å². The van der Waals surface area contributed by atoms with Gasteiger partial charge in [-0.25, -0.2) is 17.5 Å². The molecule has 0 spiro atoms. The van der Waals surface area contributed by atoms with Gasteiger partial charge in [-0.1, -0.05) is 45.1 Å². The Hall–Kier alpha value is -4.08. The van der Waals surface area contributed by atoms with Gasteiger partial charge in [-0.15, -0.1) is 0 Å². The zero-order valence-electron chi connectivity index (χ0n) is 24.3. The average Bonchev–Trinajstić information content (AvgIpc) is 3.17.